The van der Waals surface area contributed by atoms with Crippen LogP contribution in [0.15, 0.2) is 34.3 Å². The molecule has 6 aliphatic rings. The average Bonchev–Trinajstić information content (AvgIpc) is 3.26. The molecular formula is C26H28O9. The third-order valence-electron chi connectivity index (χ3n) is 10.2. The first-order valence-corrected chi connectivity index (χ1v) is 12.2. The van der Waals surface area contributed by atoms with Crippen LogP contribution in [0.1, 0.15) is 58.6 Å². The number of carbonyl (C=O) groups is 3. The topological polar surface area (TPSA) is 125 Å². The molecule has 9 heteroatoms. The maximum Gasteiger partial charge on any atom is 0.339 e. The van der Waals surface area contributed by atoms with Gasteiger partial charge in [-0.15, -0.1) is 0 Å². The number of allylic oxidation sites excluding steroid dienone is 1. The maximum atomic E-state index is 14.3. The summed E-state index contributed by atoms with van der Waals surface area (Å²) in [4.78, 5) is 39.7. The van der Waals surface area contributed by atoms with E-state index < -0.39 is 57.5 Å². The van der Waals surface area contributed by atoms with Crippen LogP contribution in [0.2, 0.25) is 0 Å². The number of rotatable bonds is 1. The highest BCUT2D eigenvalue weighted by Gasteiger charge is 2.90. The van der Waals surface area contributed by atoms with E-state index in [1.165, 1.54) is 6.26 Å². The number of carbonyl (C=O) groups excluding carboxylic acids is 3. The summed E-state index contributed by atoms with van der Waals surface area (Å²) < 4.78 is 29.4. The highest BCUT2D eigenvalue weighted by atomic mass is 16.7. The van der Waals surface area contributed by atoms with Crippen molar-refractivity contribution in [1.29, 1.82) is 0 Å². The van der Waals surface area contributed by atoms with E-state index in [2.05, 4.69) is 0 Å². The summed E-state index contributed by atoms with van der Waals surface area (Å²) in [5, 5.41) is 11.5. The van der Waals surface area contributed by atoms with Crippen molar-refractivity contribution >= 4 is 17.7 Å². The van der Waals surface area contributed by atoms with E-state index in [0.29, 0.717) is 24.0 Å². The highest BCUT2D eigenvalue weighted by Crippen LogP contribution is 2.79. The minimum absolute atomic E-state index is 0.0138. The second kappa shape index (κ2) is 6.00. The lowest BCUT2D eigenvalue weighted by Crippen LogP contribution is -2.71. The number of furan rings is 1. The molecule has 8 atom stereocenters. The number of hydrogen-bond acceptors (Lipinski definition) is 9. The molecule has 0 radical (unpaired) electrons. The van der Waals surface area contributed by atoms with Gasteiger partial charge in [0, 0.05) is 16.6 Å². The van der Waals surface area contributed by atoms with Crippen LogP contribution in [0.25, 0.3) is 0 Å². The molecule has 35 heavy (non-hydrogen) atoms. The molecule has 186 valence electrons. The molecule has 9 nitrogen and oxygen atoms in total. The molecule has 0 amide bonds. The van der Waals surface area contributed by atoms with Crippen LogP contribution in [-0.4, -0.2) is 52.8 Å². The molecule has 1 N–H and O–H groups in total. The fourth-order valence-electron chi connectivity index (χ4n) is 8.96. The molecular weight excluding hydrogens is 456 g/mol. The zero-order valence-corrected chi connectivity index (χ0v) is 20.1. The minimum atomic E-state index is -1.27. The van der Waals surface area contributed by atoms with E-state index in [1.54, 1.807) is 12.3 Å². The molecule has 4 aliphatic heterocycles. The Hall–Kier alpha value is -2.65. The molecule has 5 heterocycles. The average molecular weight is 485 g/mol. The second-order valence-electron chi connectivity index (χ2n) is 11.9. The highest BCUT2D eigenvalue weighted by molar-refractivity contribution is 6.03. The predicted octanol–water partition coefficient (Wildman–Crippen LogP) is 2.94. The Balaban J connectivity index is 1.47. The van der Waals surface area contributed by atoms with Gasteiger partial charge >= 0.3 is 11.9 Å². The SMILES string of the molecule is CC1(C)O[C@H]2CC(=O)OC[C@@]23C1=C(O)C(=O)[C@]1(C)[C@@H]3CC[C@@]2(C)[C@@H](c3ccoc3)OC(=O)[C@@H]3O[C@]321. The summed E-state index contributed by atoms with van der Waals surface area (Å²) in [6.07, 6.45) is 2.15. The molecule has 1 aromatic rings. The summed E-state index contributed by atoms with van der Waals surface area (Å²) in [6, 6.07) is 1.76. The van der Waals surface area contributed by atoms with Crippen LogP contribution >= 0.6 is 0 Å². The van der Waals surface area contributed by atoms with E-state index >= 15 is 0 Å². The van der Waals surface area contributed by atoms with Gasteiger partial charge in [0.05, 0.1) is 41.5 Å². The Morgan fingerprint density at radius 2 is 1.83 bits per heavy atom. The lowest BCUT2D eigenvalue weighted by atomic mass is 9.39. The maximum absolute atomic E-state index is 14.3. The van der Waals surface area contributed by atoms with Gasteiger partial charge in [-0.25, -0.2) is 4.79 Å². The third-order valence-corrected chi connectivity index (χ3v) is 10.2. The van der Waals surface area contributed by atoms with Gasteiger partial charge in [0.15, 0.2) is 11.9 Å². The molecule has 1 aromatic heterocycles. The Morgan fingerprint density at radius 3 is 2.54 bits per heavy atom. The number of cyclic esters (lactones) is 2. The van der Waals surface area contributed by atoms with E-state index in [1.807, 2.05) is 27.7 Å². The van der Waals surface area contributed by atoms with Crippen LogP contribution < -0.4 is 0 Å². The molecule has 0 unspecified atom stereocenters. The van der Waals surface area contributed by atoms with Crippen molar-refractivity contribution in [2.75, 3.05) is 6.61 Å². The number of aliphatic hydroxyl groups is 1. The van der Waals surface area contributed by atoms with Gasteiger partial charge in [0.2, 0.25) is 5.78 Å². The van der Waals surface area contributed by atoms with Crippen molar-refractivity contribution in [1.82, 2.24) is 0 Å². The smallest absolute Gasteiger partial charge is 0.339 e. The fraction of sp³-hybridized carbons (Fsp3) is 0.654. The van der Waals surface area contributed by atoms with Gasteiger partial charge in [-0.1, -0.05) is 6.92 Å². The normalized spacial score (nSPS) is 49.2. The molecule has 1 saturated carbocycles. The standard InChI is InChI=1S/C26H28O9/c1-22(2)17-16(28)18(29)24(4)13(25(17)11-32-15(27)9-14(25)34-22)5-7-23(3)19(12-6-8-31-10-12)33-21(30)20-26(23,24)35-20/h6,8,10,13-14,19-20,28H,5,7,9,11H2,1-4H3/t13-,14-,19+,20-,23-,24-,25-,26+/m0/s1. The predicted molar refractivity (Wildman–Crippen MR) is 116 cm³/mol. The van der Waals surface area contributed by atoms with Crippen molar-refractivity contribution in [3.05, 3.63) is 35.5 Å². The lowest BCUT2D eigenvalue weighted by Gasteiger charge is -2.63. The number of aliphatic hydroxyl groups excluding tert-OH is 1. The van der Waals surface area contributed by atoms with Crippen LogP contribution in [0, 0.1) is 22.2 Å². The summed E-state index contributed by atoms with van der Waals surface area (Å²) in [7, 11) is 0. The van der Waals surface area contributed by atoms with Crippen molar-refractivity contribution in [2.24, 2.45) is 22.2 Å². The fourth-order valence-corrected chi connectivity index (χ4v) is 8.96. The van der Waals surface area contributed by atoms with Gasteiger partial charge in [0.1, 0.15) is 18.3 Å². The zero-order valence-electron chi connectivity index (χ0n) is 20.1. The Morgan fingerprint density at radius 1 is 1.06 bits per heavy atom. The number of epoxide rings is 1. The van der Waals surface area contributed by atoms with Crippen molar-refractivity contribution < 1.29 is 42.9 Å². The first kappa shape index (κ1) is 21.6. The van der Waals surface area contributed by atoms with Crippen LogP contribution in [0.5, 0.6) is 0 Å². The van der Waals surface area contributed by atoms with Crippen LogP contribution in [-0.2, 0) is 33.3 Å². The molecule has 0 bridgehead atoms. The van der Waals surface area contributed by atoms with E-state index in [9.17, 15) is 19.5 Å². The largest absolute Gasteiger partial charge is 0.504 e. The number of hydrogen-bond donors (Lipinski definition) is 1. The molecule has 2 spiro atoms. The monoisotopic (exact) mass is 484 g/mol. The summed E-state index contributed by atoms with van der Waals surface area (Å²) in [5.41, 5.74) is -3.85. The Kier molecular flexibility index (Phi) is 3.71. The van der Waals surface area contributed by atoms with Crippen molar-refractivity contribution in [2.45, 2.75) is 76.5 Å². The molecule has 7 rings (SSSR count). The van der Waals surface area contributed by atoms with E-state index in [4.69, 9.17) is 23.4 Å². The first-order chi connectivity index (χ1) is 16.4. The molecule has 2 aliphatic carbocycles. The number of Topliss-reactive ketones (excluding diaryl/α,β-unsaturated/α-hetero) is 1. The van der Waals surface area contributed by atoms with E-state index in [0.717, 1.165) is 0 Å². The molecule has 0 aromatic carbocycles. The van der Waals surface area contributed by atoms with Crippen LogP contribution in [0.3, 0.4) is 0 Å². The Labute approximate surface area is 201 Å². The van der Waals surface area contributed by atoms with E-state index in [-0.39, 0.29) is 30.7 Å². The first-order valence-electron chi connectivity index (χ1n) is 12.2. The quantitative estimate of drug-likeness (QED) is 0.473. The van der Waals surface area contributed by atoms with Crippen LogP contribution in [0.4, 0.5) is 0 Å². The van der Waals surface area contributed by atoms with Gasteiger partial charge in [-0.2, -0.15) is 0 Å². The third kappa shape index (κ3) is 2.07. The number of fused-ring (bicyclic) bond motifs is 1. The minimum Gasteiger partial charge on any atom is -0.504 e. The molecule has 5 fully saturated rings. The second-order valence-corrected chi connectivity index (χ2v) is 11.9. The zero-order chi connectivity index (χ0) is 24.8. The summed E-state index contributed by atoms with van der Waals surface area (Å²) >= 11 is 0. The lowest BCUT2D eigenvalue weighted by molar-refractivity contribution is -0.212. The number of esters is 2. The number of ether oxygens (including phenoxy) is 4. The summed E-state index contributed by atoms with van der Waals surface area (Å²) in [6.45, 7) is 7.44. The van der Waals surface area contributed by atoms with Gasteiger partial charge in [-0.05, 0) is 45.6 Å². The van der Waals surface area contributed by atoms with Crippen molar-refractivity contribution in [3.63, 3.8) is 0 Å². The number of ketones is 1. The Bertz CT molecular complexity index is 1230. The van der Waals surface area contributed by atoms with Gasteiger partial charge in [0.25, 0.3) is 0 Å². The summed E-state index contributed by atoms with van der Waals surface area (Å²) in [5.74, 6) is -2.07. The van der Waals surface area contributed by atoms with Gasteiger partial charge in [-0.3, -0.25) is 9.59 Å². The molecule has 4 saturated heterocycles. The van der Waals surface area contributed by atoms with Gasteiger partial charge < -0.3 is 28.5 Å². The van der Waals surface area contributed by atoms with Crippen molar-refractivity contribution in [3.8, 4) is 0 Å².